The number of thiophene rings is 8. The average molecular weight is 1910 g/mol. The minimum Gasteiger partial charge on any atom is -0.492 e. The zero-order chi connectivity index (χ0) is 92.7. The van der Waals surface area contributed by atoms with Gasteiger partial charge in [0.05, 0.1) is 81.9 Å². The molecule has 0 N–H and O–H groups in total. The molecule has 4 aliphatic carbocycles. The van der Waals surface area contributed by atoms with Gasteiger partial charge in [-0.05, 0) is 180 Å². The number of pyridine rings is 2. The van der Waals surface area contributed by atoms with Crippen LogP contribution in [0.3, 0.4) is 0 Å². The first-order chi connectivity index (χ1) is 65.7. The number of aryl methyl sites for hydroxylation is 4. The molecule has 18 heteroatoms. The second-order valence-electron chi connectivity index (χ2n) is 36.7. The molecule has 14 aromatic rings. The summed E-state index contributed by atoms with van der Waals surface area (Å²) >= 11 is 14.8. The summed E-state index contributed by atoms with van der Waals surface area (Å²) in [5.74, 6) is 1.66. The molecular weight excluding hydrogens is 1800 g/mol. The topological polar surface area (TPSA) is 174 Å². The molecule has 0 radical (unpaired) electrons. The molecule has 10 aromatic heterocycles. The van der Waals surface area contributed by atoms with E-state index >= 15 is 0 Å². The Hall–Kier alpha value is -10.6. The van der Waals surface area contributed by atoms with Crippen molar-refractivity contribution in [3.8, 4) is 74.8 Å². The molecule has 10 heterocycles. The van der Waals surface area contributed by atoms with E-state index in [0.717, 1.165) is 143 Å². The van der Waals surface area contributed by atoms with Crippen molar-refractivity contribution >= 4 is 154 Å². The van der Waals surface area contributed by atoms with E-state index in [9.17, 15) is 30.6 Å². The van der Waals surface area contributed by atoms with Gasteiger partial charge in [0, 0.05) is 99.6 Å². The maximum absolute atomic E-state index is 14.7. The fourth-order valence-corrected chi connectivity index (χ4v) is 32.0. The molecule has 2 atom stereocenters. The van der Waals surface area contributed by atoms with Crippen molar-refractivity contribution in [1.29, 1.82) is 21.0 Å². The van der Waals surface area contributed by atoms with Gasteiger partial charge in [0.1, 0.15) is 46.9 Å². The van der Waals surface area contributed by atoms with Crippen LogP contribution >= 0.6 is 90.7 Å². The molecule has 0 bridgehead atoms. The second-order valence-corrected chi connectivity index (χ2v) is 45.1. The molecule has 680 valence electrons. The van der Waals surface area contributed by atoms with Crippen molar-refractivity contribution in [3.63, 3.8) is 0 Å². The molecule has 0 amide bonds. The molecular formula is C116H114N6O4S8. The molecule has 0 saturated heterocycles. The van der Waals surface area contributed by atoms with Crippen molar-refractivity contribution in [2.24, 2.45) is 11.8 Å². The van der Waals surface area contributed by atoms with Crippen LogP contribution in [-0.4, -0.2) is 34.7 Å². The van der Waals surface area contributed by atoms with Gasteiger partial charge in [-0.2, -0.15) is 21.0 Å². The number of Topliss-reactive ketones (excluding diaryl/α,β-unsaturated/α-hetero) is 2. The largest absolute Gasteiger partial charge is 0.492 e. The maximum atomic E-state index is 14.7. The van der Waals surface area contributed by atoms with Crippen LogP contribution in [0.15, 0.2) is 181 Å². The minimum absolute atomic E-state index is 0.114. The van der Waals surface area contributed by atoms with E-state index in [1.807, 2.05) is 80.2 Å². The second kappa shape index (κ2) is 41.9. The molecule has 0 fully saturated rings. The van der Waals surface area contributed by atoms with Crippen LogP contribution in [0.4, 0.5) is 0 Å². The molecule has 0 spiro atoms. The molecule has 4 aliphatic rings. The van der Waals surface area contributed by atoms with Gasteiger partial charge in [0.25, 0.3) is 0 Å². The quantitative estimate of drug-likeness (QED) is 0.0203. The van der Waals surface area contributed by atoms with Crippen molar-refractivity contribution in [2.75, 3.05) is 13.2 Å². The standard InChI is InChI=1S/C116H114N6O4S8/c1-9-17-23-27-33-73-37-45-79(46-38-73)115(80-47-39-74(40-48-80)34-28-24-18-10-2)99-107-95(61-93(129-107)105-91(125-69-71(15-7)31-21-13-5)59-83(127-105)57-87-97(77(63-117)64-118)85-53-55-121-67-89(85)103(87)123)131-109(99)111-101(115)113-114(133-111)102-112(134-113)110-100(116(102,81-49-41-75(42-50-81)35-29-25-19-11-3)82-51-43-76(44-52-82)36-30-26-20-12-4)108-96(132-110)62-94(130-108)106-92(126-70-72(16-8)32-22-14-6)60-84(128-106)58-88-98(78(65-119)66-120)86-54-56-122-68-90(86)104(88)124/h37-62,67-68,71-72H,9-36,69-70H2,1-8H3/b87-57-,88-58-. The Kier molecular flexibility index (Phi) is 29.4. The zero-order valence-electron chi connectivity index (χ0n) is 78.1. The molecule has 10 nitrogen and oxygen atoms in total. The smallest absolute Gasteiger partial charge is 0.195 e. The fraction of sp³-hybridized carbons (Fsp3) is 0.362. The number of hydrogen-bond donors (Lipinski definition) is 0. The van der Waals surface area contributed by atoms with Gasteiger partial charge in [-0.15, -0.1) is 90.7 Å². The van der Waals surface area contributed by atoms with Crippen LogP contribution in [0, 0.1) is 57.2 Å². The molecule has 18 rings (SSSR count). The number of hydrogen-bond acceptors (Lipinski definition) is 18. The number of carbonyl (C=O) groups excluding carboxylic acids is 2. The summed E-state index contributed by atoms with van der Waals surface area (Å²) < 4.78 is 22.0. The van der Waals surface area contributed by atoms with E-state index in [1.165, 1.54) is 192 Å². The van der Waals surface area contributed by atoms with Gasteiger partial charge in [0.2, 0.25) is 0 Å². The van der Waals surface area contributed by atoms with E-state index in [-0.39, 0.29) is 22.7 Å². The molecule has 4 aromatic carbocycles. The number of benzene rings is 4. The summed E-state index contributed by atoms with van der Waals surface area (Å²) in [6.45, 7) is 19.3. The van der Waals surface area contributed by atoms with Crippen molar-refractivity contribution in [2.45, 2.75) is 246 Å². The zero-order valence-corrected chi connectivity index (χ0v) is 84.6. The first-order valence-electron chi connectivity index (χ1n) is 48.9. The number of carbonyl (C=O) groups is 2. The highest BCUT2D eigenvalue weighted by molar-refractivity contribution is 7.38. The predicted octanol–water partition coefficient (Wildman–Crippen LogP) is 34.3. The third-order valence-corrected chi connectivity index (χ3v) is 38.3. The van der Waals surface area contributed by atoms with Crippen LogP contribution < -0.4 is 9.47 Å². The van der Waals surface area contributed by atoms with E-state index in [4.69, 9.17) is 9.47 Å². The summed E-state index contributed by atoms with van der Waals surface area (Å²) in [5.41, 5.74) is 17.0. The summed E-state index contributed by atoms with van der Waals surface area (Å²) in [6, 6.07) is 60.7. The van der Waals surface area contributed by atoms with E-state index < -0.39 is 10.8 Å². The summed E-state index contributed by atoms with van der Waals surface area (Å²) in [4.78, 5) is 49.0. The van der Waals surface area contributed by atoms with Crippen LogP contribution in [0.2, 0.25) is 0 Å². The molecule has 0 aliphatic heterocycles. The molecule has 2 unspecified atom stereocenters. The number of ether oxygens (including phenoxy) is 2. The maximum Gasteiger partial charge on any atom is 0.195 e. The van der Waals surface area contributed by atoms with Crippen LogP contribution in [-0.2, 0) is 36.5 Å². The number of aromatic nitrogens is 2. The van der Waals surface area contributed by atoms with Gasteiger partial charge in [-0.25, -0.2) is 0 Å². The Morgan fingerprint density at radius 1 is 0.358 bits per heavy atom. The predicted molar refractivity (Wildman–Crippen MR) is 566 cm³/mol. The van der Waals surface area contributed by atoms with Gasteiger partial charge in [-0.3, -0.25) is 19.6 Å². The monoisotopic (exact) mass is 1910 g/mol. The lowest BCUT2D eigenvalue weighted by atomic mass is 9.67. The highest BCUT2D eigenvalue weighted by Gasteiger charge is 2.57. The first-order valence-corrected chi connectivity index (χ1v) is 55.5. The fourth-order valence-electron chi connectivity index (χ4n) is 20.8. The Morgan fingerprint density at radius 2 is 0.679 bits per heavy atom. The Labute approximate surface area is 821 Å². The molecule has 134 heavy (non-hydrogen) atoms. The third kappa shape index (κ3) is 17.5. The van der Waals surface area contributed by atoms with Crippen molar-refractivity contribution in [3.05, 3.63) is 279 Å². The highest BCUT2D eigenvalue weighted by atomic mass is 32.1. The number of rotatable bonds is 42. The minimum atomic E-state index is -0.814. The SMILES string of the molecule is CCCCCCc1ccc(C2(c3ccc(CCCCCC)cc3)c3c(sc4cc(-c5sc(/C=C6\C(=O)c7cnccc7C6=C(C#N)C#N)cc5OCC(CC)CCCC)sc34)-c3sc4c5c(sc4c32)-c2sc3cc(-c4sc(/C=C6\C(=O)c7cnccc7C6=C(C#N)C#N)cc4OCC(CC)CCCC)sc3c2C5(c2ccc(CCCCCC)cc2)c2ccc(CCCCCC)cc2)cc1. The first kappa shape index (κ1) is 93.8. The van der Waals surface area contributed by atoms with Crippen molar-refractivity contribution in [1.82, 2.24) is 9.97 Å². The number of allylic oxidation sites excluding steroid dienone is 6. The van der Waals surface area contributed by atoms with Crippen LogP contribution in [0.25, 0.3) is 90.5 Å². The lowest BCUT2D eigenvalue weighted by molar-refractivity contribution is 0.103. The third-order valence-electron chi connectivity index (χ3n) is 28.1. The Bertz CT molecular complexity index is 6490. The van der Waals surface area contributed by atoms with Gasteiger partial charge in [0.15, 0.2) is 11.6 Å². The van der Waals surface area contributed by atoms with Gasteiger partial charge < -0.3 is 9.47 Å². The van der Waals surface area contributed by atoms with Gasteiger partial charge in [-0.1, -0.05) is 268 Å². The Balaban J connectivity index is 0.884. The van der Waals surface area contributed by atoms with E-state index in [1.54, 1.807) is 59.6 Å². The van der Waals surface area contributed by atoms with Crippen molar-refractivity contribution < 1.29 is 19.1 Å². The number of nitrogens with zero attached hydrogens (tertiary/aromatic N) is 6. The summed E-state index contributed by atoms with van der Waals surface area (Å²) in [7, 11) is 0. The van der Waals surface area contributed by atoms with Crippen LogP contribution in [0.5, 0.6) is 11.5 Å². The summed E-state index contributed by atoms with van der Waals surface area (Å²) in [5, 5.41) is 42.0. The normalized spacial score (nSPS) is 14.8. The van der Waals surface area contributed by atoms with Gasteiger partial charge >= 0.3 is 0 Å². The summed E-state index contributed by atoms with van der Waals surface area (Å²) in [6.07, 6.45) is 41.5. The average Bonchev–Trinajstić information content (AvgIpc) is 1.47. The number of ketones is 2. The van der Waals surface area contributed by atoms with Crippen LogP contribution in [0.1, 0.15) is 318 Å². The Morgan fingerprint density at radius 3 is 0.993 bits per heavy atom. The lowest BCUT2D eigenvalue weighted by Gasteiger charge is -2.34. The number of fused-ring (bicyclic) bond motifs is 15. The number of unbranched alkanes of at least 4 members (excludes halogenated alkanes) is 14. The van der Waals surface area contributed by atoms with E-state index in [2.05, 4.69) is 211 Å². The molecule has 0 saturated carbocycles. The highest BCUT2D eigenvalue weighted by Crippen LogP contribution is 2.73. The number of nitriles is 4. The van der Waals surface area contributed by atoms with E-state index in [0.29, 0.717) is 69.6 Å². The lowest BCUT2D eigenvalue weighted by Crippen LogP contribution is -2.29.